The minimum absolute atomic E-state index is 0.0877. The van der Waals surface area contributed by atoms with Crippen molar-refractivity contribution >= 4 is 16.5 Å². The lowest BCUT2D eigenvalue weighted by Crippen LogP contribution is -2.33. The number of aromatic nitrogens is 1. The van der Waals surface area contributed by atoms with E-state index < -0.39 is 0 Å². The molecule has 5 heteroatoms. The lowest BCUT2D eigenvalue weighted by molar-refractivity contribution is 0.155. The van der Waals surface area contributed by atoms with Gasteiger partial charge in [0.15, 0.2) is 5.88 Å². The Kier molecular flexibility index (Phi) is 7.51. The Morgan fingerprint density at radius 2 is 2.00 bits per heavy atom. The number of benzene rings is 2. The number of nitrogens with zero attached hydrogens (tertiary/aromatic N) is 3. The average Bonchev–Trinajstić information content (AvgIpc) is 3.25. The third-order valence-corrected chi connectivity index (χ3v) is 7.37. The van der Waals surface area contributed by atoms with Crippen molar-refractivity contribution in [3.8, 4) is 11.8 Å². The van der Waals surface area contributed by atoms with Crippen LogP contribution in [0, 0.1) is 30.1 Å². The lowest BCUT2D eigenvalue weighted by atomic mass is 9.81. The maximum atomic E-state index is 10.4. The van der Waals surface area contributed by atoms with Gasteiger partial charge in [-0.1, -0.05) is 24.6 Å². The zero-order chi connectivity index (χ0) is 24.9. The fourth-order valence-corrected chi connectivity index (χ4v) is 5.49. The maximum absolute atomic E-state index is 10.4. The van der Waals surface area contributed by atoms with E-state index in [1.807, 2.05) is 49.1 Å². The van der Waals surface area contributed by atoms with Crippen LogP contribution >= 0.6 is 0 Å². The van der Waals surface area contributed by atoms with Crippen LogP contribution in [-0.2, 0) is 6.54 Å². The van der Waals surface area contributed by atoms with Crippen LogP contribution < -0.4 is 0 Å². The van der Waals surface area contributed by atoms with Gasteiger partial charge in [-0.2, -0.15) is 5.26 Å². The molecule has 0 aliphatic heterocycles. The van der Waals surface area contributed by atoms with Crippen molar-refractivity contribution in [3.05, 3.63) is 83.9 Å². The molecule has 1 aromatic heterocycles. The van der Waals surface area contributed by atoms with Crippen molar-refractivity contribution in [2.45, 2.75) is 46.1 Å². The molecular weight excluding hydrogens is 434 g/mol. The van der Waals surface area contributed by atoms with E-state index >= 15 is 0 Å². The molecule has 4 rings (SSSR count). The van der Waals surface area contributed by atoms with Crippen LogP contribution in [0.2, 0.25) is 0 Å². The summed E-state index contributed by atoms with van der Waals surface area (Å²) in [6.07, 6.45) is 8.78. The standard InChI is InChI=1S/C30H35N3O2/c1-4-26(29-16-28(35)11-8-21(29)2)20-33(22(3)34)19-25-7-5-6-24(14-25)18-32-13-12-27-10-9-23(17-31)15-30(27)32/h4,8-13,15-16,24-25,34-35H,3,5-7,14,18-20H2,1-2H3/b26-4-. The molecule has 2 atom stereocenters. The summed E-state index contributed by atoms with van der Waals surface area (Å²) in [6, 6.07) is 15.7. The second kappa shape index (κ2) is 10.7. The average molecular weight is 470 g/mol. The van der Waals surface area contributed by atoms with E-state index in [1.54, 1.807) is 12.1 Å². The Hall–Kier alpha value is -3.65. The van der Waals surface area contributed by atoms with Gasteiger partial charge in [-0.3, -0.25) is 0 Å². The maximum Gasteiger partial charge on any atom is 0.179 e. The highest BCUT2D eigenvalue weighted by atomic mass is 16.3. The number of aromatic hydroxyl groups is 1. The minimum Gasteiger partial charge on any atom is -0.508 e. The van der Waals surface area contributed by atoms with E-state index in [2.05, 4.69) is 29.5 Å². The van der Waals surface area contributed by atoms with Gasteiger partial charge in [-0.25, -0.2) is 0 Å². The number of phenolic OH excluding ortho intramolecular Hbond substituents is 1. The Labute approximate surface area is 208 Å². The van der Waals surface area contributed by atoms with Crippen molar-refractivity contribution < 1.29 is 10.2 Å². The monoisotopic (exact) mass is 469 g/mol. The number of nitriles is 1. The van der Waals surface area contributed by atoms with Gasteiger partial charge in [0.25, 0.3) is 0 Å². The van der Waals surface area contributed by atoms with Crippen molar-refractivity contribution in [2.24, 2.45) is 11.8 Å². The number of hydrogen-bond acceptors (Lipinski definition) is 4. The van der Waals surface area contributed by atoms with Crippen molar-refractivity contribution in [3.63, 3.8) is 0 Å². The second-order valence-electron chi connectivity index (χ2n) is 9.86. The number of phenols is 1. The number of hydrogen-bond donors (Lipinski definition) is 2. The molecule has 2 aromatic carbocycles. The summed E-state index contributed by atoms with van der Waals surface area (Å²) in [6.45, 7) is 10.1. The Balaban J connectivity index is 1.44. The van der Waals surface area contributed by atoms with E-state index in [1.165, 1.54) is 18.2 Å². The molecule has 35 heavy (non-hydrogen) atoms. The van der Waals surface area contributed by atoms with Crippen LogP contribution in [0.4, 0.5) is 0 Å². The molecule has 1 heterocycles. The van der Waals surface area contributed by atoms with E-state index in [0.29, 0.717) is 23.9 Å². The van der Waals surface area contributed by atoms with Crippen LogP contribution in [0.25, 0.3) is 16.5 Å². The van der Waals surface area contributed by atoms with Crippen molar-refractivity contribution in [1.82, 2.24) is 9.47 Å². The first-order valence-corrected chi connectivity index (χ1v) is 12.4. The lowest BCUT2D eigenvalue weighted by Gasteiger charge is -2.34. The highest BCUT2D eigenvalue weighted by molar-refractivity contribution is 5.81. The van der Waals surface area contributed by atoms with Gasteiger partial charge in [0.05, 0.1) is 11.6 Å². The molecule has 0 spiro atoms. The number of aliphatic hydroxyl groups is 1. The Morgan fingerprint density at radius 1 is 1.20 bits per heavy atom. The first-order chi connectivity index (χ1) is 16.9. The molecule has 0 saturated heterocycles. The van der Waals surface area contributed by atoms with Crippen LogP contribution in [0.1, 0.15) is 49.3 Å². The first-order valence-electron chi connectivity index (χ1n) is 12.4. The first kappa shape index (κ1) is 24.5. The third kappa shape index (κ3) is 5.71. The van der Waals surface area contributed by atoms with Gasteiger partial charge in [-0.05, 0) is 104 Å². The van der Waals surface area contributed by atoms with Gasteiger partial charge in [0.1, 0.15) is 5.75 Å². The summed E-state index contributed by atoms with van der Waals surface area (Å²) in [5, 5.41) is 30.9. The topological polar surface area (TPSA) is 72.4 Å². The molecule has 2 unspecified atom stereocenters. The highest BCUT2D eigenvalue weighted by Crippen LogP contribution is 2.33. The Morgan fingerprint density at radius 3 is 2.74 bits per heavy atom. The quantitative estimate of drug-likeness (QED) is 0.357. The predicted octanol–water partition coefficient (Wildman–Crippen LogP) is 6.77. The van der Waals surface area contributed by atoms with E-state index in [0.717, 1.165) is 48.1 Å². The fraction of sp³-hybridized carbons (Fsp3) is 0.367. The zero-order valence-electron chi connectivity index (χ0n) is 20.7. The molecular formula is C30H35N3O2. The molecule has 182 valence electrons. The molecule has 0 bridgehead atoms. The molecule has 1 saturated carbocycles. The van der Waals surface area contributed by atoms with Gasteiger partial charge >= 0.3 is 0 Å². The summed E-state index contributed by atoms with van der Waals surface area (Å²) in [7, 11) is 0. The number of fused-ring (bicyclic) bond motifs is 1. The number of rotatable bonds is 8. The summed E-state index contributed by atoms with van der Waals surface area (Å²) in [5.41, 5.74) is 4.97. The van der Waals surface area contributed by atoms with Gasteiger partial charge in [-0.15, -0.1) is 0 Å². The normalized spacial score (nSPS) is 18.4. The minimum atomic E-state index is 0.0877. The summed E-state index contributed by atoms with van der Waals surface area (Å²) < 4.78 is 2.29. The van der Waals surface area contributed by atoms with Gasteiger partial charge in [0.2, 0.25) is 0 Å². The van der Waals surface area contributed by atoms with Crippen molar-refractivity contribution in [2.75, 3.05) is 13.1 Å². The predicted molar refractivity (Wildman–Crippen MR) is 142 cm³/mol. The van der Waals surface area contributed by atoms with E-state index in [4.69, 9.17) is 0 Å². The van der Waals surface area contributed by atoms with Crippen LogP contribution in [0.15, 0.2) is 67.2 Å². The van der Waals surface area contributed by atoms with Gasteiger partial charge < -0.3 is 19.7 Å². The van der Waals surface area contributed by atoms with Crippen LogP contribution in [0.5, 0.6) is 5.75 Å². The summed E-state index contributed by atoms with van der Waals surface area (Å²) in [5.74, 6) is 1.36. The number of aliphatic hydroxyl groups excluding tert-OH is 1. The van der Waals surface area contributed by atoms with Crippen LogP contribution in [-0.4, -0.2) is 32.8 Å². The fourth-order valence-electron chi connectivity index (χ4n) is 5.49. The third-order valence-electron chi connectivity index (χ3n) is 7.37. The molecule has 1 fully saturated rings. The molecule has 0 radical (unpaired) electrons. The highest BCUT2D eigenvalue weighted by Gasteiger charge is 2.25. The zero-order valence-corrected chi connectivity index (χ0v) is 20.7. The summed E-state index contributed by atoms with van der Waals surface area (Å²) in [4.78, 5) is 1.97. The molecule has 3 aromatic rings. The molecule has 0 amide bonds. The SMILES string of the molecule is C=C(O)N(C/C(=C/C)c1cc(O)ccc1C)CC1CCCC(Cn2ccc3ccc(C#N)cc32)C1. The van der Waals surface area contributed by atoms with Crippen molar-refractivity contribution in [1.29, 1.82) is 5.26 Å². The molecule has 5 nitrogen and oxygen atoms in total. The molecule has 2 N–H and O–H groups in total. The van der Waals surface area contributed by atoms with E-state index in [-0.39, 0.29) is 11.6 Å². The smallest absolute Gasteiger partial charge is 0.179 e. The summed E-state index contributed by atoms with van der Waals surface area (Å²) >= 11 is 0. The van der Waals surface area contributed by atoms with Gasteiger partial charge in [0, 0.05) is 31.3 Å². The Bertz CT molecular complexity index is 1280. The molecule has 1 aliphatic carbocycles. The number of allylic oxidation sites excluding steroid dienone is 1. The largest absolute Gasteiger partial charge is 0.508 e. The van der Waals surface area contributed by atoms with Crippen LogP contribution in [0.3, 0.4) is 0 Å². The number of aryl methyl sites for hydroxylation is 1. The van der Waals surface area contributed by atoms with E-state index in [9.17, 15) is 15.5 Å². The second-order valence-corrected chi connectivity index (χ2v) is 9.86. The molecule has 1 aliphatic rings.